The van der Waals surface area contributed by atoms with Gasteiger partial charge in [-0.15, -0.1) is 0 Å². The number of anilines is 4. The number of hydrogen-bond donors (Lipinski definition) is 1. The van der Waals surface area contributed by atoms with Crippen LogP contribution in [0.3, 0.4) is 0 Å². The normalized spacial score (nSPS) is 11.1. The van der Waals surface area contributed by atoms with Crippen molar-refractivity contribution in [1.82, 2.24) is 0 Å². The lowest BCUT2D eigenvalue weighted by molar-refractivity contribution is 0.636. The summed E-state index contributed by atoms with van der Waals surface area (Å²) in [6.07, 6.45) is 0. The lowest BCUT2D eigenvalue weighted by Gasteiger charge is -2.33. The standard InChI is InChI=1S/C22H23N.C14H15N.CH3F/c1-17-14-15-22(18(2)16-17)23(21-12-8-5-9-13-21)19(3)20-10-6-4-7-11-20;1-11-8-9-14(12(2)10-11)15-13-6-4-3-5-7-13;1-2/h4-16,19H,1-3H3;3-10,15H,1-2H3;1H3/i;;1D. The van der Waals surface area contributed by atoms with Gasteiger partial charge in [-0.3, -0.25) is 4.39 Å². The van der Waals surface area contributed by atoms with E-state index in [-0.39, 0.29) is 6.04 Å². The maximum atomic E-state index is 9.96. The van der Waals surface area contributed by atoms with Crippen LogP contribution >= 0.6 is 0 Å². The lowest BCUT2D eigenvalue weighted by Crippen LogP contribution is -2.22. The highest BCUT2D eigenvalue weighted by atomic mass is 19.1. The fourth-order valence-corrected chi connectivity index (χ4v) is 4.75. The van der Waals surface area contributed by atoms with E-state index < -0.39 is 7.15 Å². The average Bonchev–Trinajstić information content (AvgIpc) is 2.98. The molecule has 1 N–H and O–H groups in total. The predicted octanol–water partition coefficient (Wildman–Crippen LogP) is 10.8. The minimum absolute atomic E-state index is 0.264. The second-order valence-corrected chi connectivity index (χ2v) is 9.89. The van der Waals surface area contributed by atoms with Crippen LogP contribution in [0.4, 0.5) is 27.1 Å². The van der Waals surface area contributed by atoms with Crippen LogP contribution in [-0.4, -0.2) is 7.15 Å². The molecule has 0 aromatic heterocycles. The molecule has 0 aliphatic heterocycles. The molecule has 0 aliphatic carbocycles. The summed E-state index contributed by atoms with van der Waals surface area (Å²) in [6.45, 7) is 10.8. The molecule has 1 unspecified atom stereocenters. The predicted molar refractivity (Wildman–Crippen MR) is 172 cm³/mol. The van der Waals surface area contributed by atoms with Gasteiger partial charge in [-0.05, 0) is 87.7 Å². The van der Waals surface area contributed by atoms with Gasteiger partial charge in [0.2, 0.25) is 0 Å². The summed E-state index contributed by atoms with van der Waals surface area (Å²) >= 11 is 0. The first-order chi connectivity index (χ1) is 19.8. The van der Waals surface area contributed by atoms with E-state index in [4.69, 9.17) is 1.37 Å². The van der Waals surface area contributed by atoms with Gasteiger partial charge < -0.3 is 10.2 Å². The Hall–Kier alpha value is -4.37. The fourth-order valence-electron chi connectivity index (χ4n) is 4.75. The summed E-state index contributed by atoms with van der Waals surface area (Å²) in [4.78, 5) is 2.42. The number of rotatable bonds is 6. The summed E-state index contributed by atoms with van der Waals surface area (Å²) in [5.41, 5.74) is 11.3. The molecule has 1 atom stereocenters. The van der Waals surface area contributed by atoms with Crippen molar-refractivity contribution in [3.8, 4) is 0 Å². The molecule has 0 fully saturated rings. The highest BCUT2D eigenvalue weighted by Gasteiger charge is 2.19. The van der Waals surface area contributed by atoms with E-state index in [9.17, 15) is 4.39 Å². The second kappa shape index (κ2) is 15.3. The van der Waals surface area contributed by atoms with Crippen LogP contribution in [0.5, 0.6) is 0 Å². The van der Waals surface area contributed by atoms with Crippen molar-refractivity contribution in [2.24, 2.45) is 0 Å². The van der Waals surface area contributed by atoms with E-state index in [1.54, 1.807) is 0 Å². The minimum Gasteiger partial charge on any atom is -0.355 e. The van der Waals surface area contributed by atoms with Gasteiger partial charge in [0.1, 0.15) is 0 Å². The topological polar surface area (TPSA) is 15.3 Å². The first kappa shape index (κ1) is 28.6. The zero-order valence-electron chi connectivity index (χ0n) is 25.2. The largest absolute Gasteiger partial charge is 0.355 e. The summed E-state index contributed by atoms with van der Waals surface area (Å²) < 4.78 is 15.5. The number of aryl methyl sites for hydroxylation is 4. The van der Waals surface area contributed by atoms with Gasteiger partial charge >= 0.3 is 0 Å². The Morgan fingerprint density at radius 3 is 1.70 bits per heavy atom. The Balaban J connectivity index is 0.000000221. The molecule has 0 spiro atoms. The van der Waals surface area contributed by atoms with Crippen LogP contribution in [0.2, 0.25) is 0 Å². The van der Waals surface area contributed by atoms with Crippen molar-refractivity contribution in [2.45, 2.75) is 40.7 Å². The van der Waals surface area contributed by atoms with Crippen molar-refractivity contribution in [1.29, 1.82) is 0 Å². The molecule has 0 amide bonds. The molecule has 0 saturated carbocycles. The van der Waals surface area contributed by atoms with E-state index in [1.807, 2.05) is 18.2 Å². The van der Waals surface area contributed by atoms with E-state index in [0.717, 1.165) is 5.69 Å². The minimum atomic E-state index is -1.00. The maximum absolute atomic E-state index is 9.96. The lowest BCUT2D eigenvalue weighted by atomic mass is 10.0. The Bertz CT molecular complexity index is 1460. The van der Waals surface area contributed by atoms with Crippen LogP contribution < -0.4 is 10.2 Å². The van der Waals surface area contributed by atoms with Gasteiger partial charge in [0, 0.05) is 22.7 Å². The summed E-state index contributed by atoms with van der Waals surface area (Å²) in [5, 5.41) is 3.40. The Kier molecular flexibility index (Phi) is 10.9. The molecular formula is C37H41FN2. The number of para-hydroxylation sites is 2. The van der Waals surface area contributed by atoms with Crippen molar-refractivity contribution in [3.63, 3.8) is 0 Å². The summed E-state index contributed by atoms with van der Waals surface area (Å²) in [6, 6.07) is 44.9. The first-order valence-corrected chi connectivity index (χ1v) is 13.5. The molecule has 5 rings (SSSR count). The van der Waals surface area contributed by atoms with Crippen molar-refractivity contribution in [3.05, 3.63) is 155 Å². The molecule has 0 heterocycles. The molecule has 0 radical (unpaired) electrons. The Morgan fingerprint density at radius 1 is 0.650 bits per heavy atom. The first-order valence-electron chi connectivity index (χ1n) is 14.3. The third kappa shape index (κ3) is 8.31. The van der Waals surface area contributed by atoms with Crippen molar-refractivity contribution in [2.75, 3.05) is 17.4 Å². The molecule has 0 aliphatic rings. The molecule has 206 valence electrons. The molecule has 0 bridgehead atoms. The molecular weight excluding hydrogens is 491 g/mol. The van der Waals surface area contributed by atoms with Crippen LogP contribution in [0.15, 0.2) is 127 Å². The monoisotopic (exact) mass is 533 g/mol. The zero-order chi connectivity index (χ0) is 29.6. The van der Waals surface area contributed by atoms with Gasteiger partial charge in [0.25, 0.3) is 0 Å². The highest BCUT2D eigenvalue weighted by molar-refractivity contribution is 5.68. The van der Waals surface area contributed by atoms with Gasteiger partial charge in [-0.25, -0.2) is 0 Å². The summed E-state index contributed by atoms with van der Waals surface area (Å²) in [5.74, 6) is 0. The number of hydrogen-bond acceptors (Lipinski definition) is 2. The molecule has 2 nitrogen and oxygen atoms in total. The van der Waals surface area contributed by atoms with Gasteiger partial charge in [0.15, 0.2) is 0 Å². The quantitative estimate of drug-likeness (QED) is 0.233. The van der Waals surface area contributed by atoms with Crippen molar-refractivity contribution >= 4 is 22.7 Å². The molecule has 5 aromatic carbocycles. The molecule has 5 aromatic rings. The van der Waals surface area contributed by atoms with Crippen LogP contribution in [-0.2, 0) is 0 Å². The second-order valence-electron chi connectivity index (χ2n) is 9.89. The third-order valence-corrected chi connectivity index (χ3v) is 6.75. The third-order valence-electron chi connectivity index (χ3n) is 6.75. The number of nitrogens with zero attached hydrogens (tertiary/aromatic N) is 1. The SMILES string of the molecule is Cc1ccc(N(c2ccccc2)C(C)c2ccccc2)c(C)c1.Cc1ccc(Nc2ccccc2)c(C)c1.[2H]CF. The van der Waals surface area contributed by atoms with Crippen molar-refractivity contribution < 1.29 is 5.76 Å². The van der Waals surface area contributed by atoms with Crippen LogP contribution in [0.1, 0.15) is 42.2 Å². The van der Waals surface area contributed by atoms with E-state index in [0.29, 0.717) is 0 Å². The smallest absolute Gasteiger partial charge is 0.0785 e. The number of nitrogens with one attached hydrogen (secondary N) is 1. The van der Waals surface area contributed by atoms with Gasteiger partial charge in [0.05, 0.1) is 14.6 Å². The molecule has 40 heavy (non-hydrogen) atoms. The molecule has 0 saturated heterocycles. The Morgan fingerprint density at radius 2 is 1.15 bits per heavy atom. The van der Waals surface area contributed by atoms with E-state index in [2.05, 4.69) is 154 Å². The van der Waals surface area contributed by atoms with E-state index >= 15 is 0 Å². The maximum Gasteiger partial charge on any atom is 0.0785 e. The van der Waals surface area contributed by atoms with E-state index in [1.165, 1.54) is 44.9 Å². The number of alkyl halides is 1. The van der Waals surface area contributed by atoms with Crippen LogP contribution in [0.25, 0.3) is 0 Å². The zero-order valence-corrected chi connectivity index (χ0v) is 24.2. The fraction of sp³-hybridized carbons (Fsp3) is 0.189. The number of halogens is 1. The van der Waals surface area contributed by atoms with Gasteiger partial charge in [-0.2, -0.15) is 0 Å². The average molecular weight is 534 g/mol. The summed E-state index contributed by atoms with van der Waals surface area (Å²) in [7, 11) is -1.00. The number of benzene rings is 5. The Labute approximate surface area is 241 Å². The molecule has 3 heteroatoms. The highest BCUT2D eigenvalue weighted by Crippen LogP contribution is 2.36. The van der Waals surface area contributed by atoms with Crippen LogP contribution in [0, 0.1) is 27.7 Å². The van der Waals surface area contributed by atoms with Gasteiger partial charge in [-0.1, -0.05) is 102 Å².